The van der Waals surface area contributed by atoms with Gasteiger partial charge in [0.2, 0.25) is 5.82 Å². The van der Waals surface area contributed by atoms with Gasteiger partial charge in [0.1, 0.15) is 11.7 Å². The van der Waals surface area contributed by atoms with Crippen LogP contribution in [-0.2, 0) is 11.3 Å². The minimum absolute atomic E-state index is 0.0356. The van der Waals surface area contributed by atoms with Crippen LogP contribution in [0.15, 0.2) is 54.6 Å². The highest BCUT2D eigenvalue weighted by molar-refractivity contribution is 6.08. The van der Waals surface area contributed by atoms with E-state index >= 15 is 0 Å². The van der Waals surface area contributed by atoms with E-state index in [4.69, 9.17) is 0 Å². The highest BCUT2D eigenvalue weighted by Crippen LogP contribution is 2.30. The molecule has 2 amide bonds. The Morgan fingerprint density at radius 2 is 1.38 bits per heavy atom. The van der Waals surface area contributed by atoms with Gasteiger partial charge in [0.15, 0.2) is 23.3 Å². The minimum Gasteiger partial charge on any atom is -0.383 e. The van der Waals surface area contributed by atoms with Crippen molar-refractivity contribution < 1.29 is 36.6 Å². The number of hydrogen-bond acceptors (Lipinski definition) is 3. The molecule has 0 aromatic heterocycles. The van der Waals surface area contributed by atoms with Gasteiger partial charge in [-0.1, -0.05) is 49.4 Å². The van der Waals surface area contributed by atoms with Gasteiger partial charge in [-0.3, -0.25) is 9.59 Å². The third kappa shape index (κ3) is 4.91. The van der Waals surface area contributed by atoms with E-state index in [1.165, 1.54) is 24.3 Å². The van der Waals surface area contributed by atoms with Crippen LogP contribution in [0.2, 0.25) is 0 Å². The molecule has 0 saturated heterocycles. The monoisotopic (exact) mass is 478 g/mol. The molecule has 0 saturated carbocycles. The van der Waals surface area contributed by atoms with Crippen LogP contribution in [0.3, 0.4) is 0 Å². The zero-order chi connectivity index (χ0) is 25.0. The number of carbonyl (C=O) groups excluding carboxylic acids is 2. The molecule has 0 bridgehead atoms. The third-order valence-corrected chi connectivity index (χ3v) is 5.00. The van der Waals surface area contributed by atoms with Gasteiger partial charge >= 0.3 is 0 Å². The van der Waals surface area contributed by atoms with E-state index in [2.05, 4.69) is 5.32 Å². The van der Waals surface area contributed by atoms with E-state index < -0.39 is 52.6 Å². The molecule has 1 unspecified atom stereocenters. The molecule has 3 rings (SSSR count). The van der Waals surface area contributed by atoms with Gasteiger partial charge in [-0.25, -0.2) is 22.0 Å². The predicted molar refractivity (Wildman–Crippen MR) is 115 cm³/mol. The van der Waals surface area contributed by atoms with Gasteiger partial charge in [0.05, 0.1) is 17.9 Å². The summed E-state index contributed by atoms with van der Waals surface area (Å²) < 4.78 is 68.7. The molecular formula is C24H19F5N2O3. The molecule has 0 heterocycles. The lowest BCUT2D eigenvalue weighted by molar-refractivity contribution is -0.126. The number of amides is 2. The van der Waals surface area contributed by atoms with Crippen LogP contribution in [-0.4, -0.2) is 23.0 Å². The van der Waals surface area contributed by atoms with Crippen molar-refractivity contribution in [3.05, 3.63) is 94.8 Å². The summed E-state index contributed by atoms with van der Waals surface area (Å²) in [6.07, 6.45) is -1.30. The first kappa shape index (κ1) is 24.8. The van der Waals surface area contributed by atoms with E-state index in [1.807, 2.05) is 0 Å². The molecule has 178 valence electrons. The van der Waals surface area contributed by atoms with Crippen molar-refractivity contribution >= 4 is 23.2 Å². The summed E-state index contributed by atoms with van der Waals surface area (Å²) in [4.78, 5) is 26.6. The van der Waals surface area contributed by atoms with Crippen LogP contribution >= 0.6 is 0 Å². The normalized spacial score (nSPS) is 11.7. The van der Waals surface area contributed by atoms with Crippen LogP contribution in [0.25, 0.3) is 0 Å². The lowest BCUT2D eigenvalue weighted by Gasteiger charge is -2.27. The predicted octanol–water partition coefficient (Wildman–Crippen LogP) is 4.94. The van der Waals surface area contributed by atoms with Crippen molar-refractivity contribution in [2.45, 2.75) is 26.0 Å². The first-order valence-corrected chi connectivity index (χ1v) is 10.1. The SMILES string of the molecule is CCC(O)C(=O)N(Cc1ccccc1)c1ccccc1NC(=O)c1c(F)c(F)c(F)c(F)c1F. The maximum absolute atomic E-state index is 14.1. The lowest BCUT2D eigenvalue weighted by Crippen LogP contribution is -2.39. The summed E-state index contributed by atoms with van der Waals surface area (Å²) in [6, 6.07) is 14.3. The van der Waals surface area contributed by atoms with Gasteiger partial charge in [0, 0.05) is 0 Å². The largest absolute Gasteiger partial charge is 0.383 e. The number of carbonyl (C=O) groups is 2. The number of para-hydroxylation sites is 2. The molecule has 3 aromatic rings. The zero-order valence-corrected chi connectivity index (χ0v) is 17.8. The second-order valence-electron chi connectivity index (χ2n) is 7.25. The Morgan fingerprint density at radius 1 is 0.853 bits per heavy atom. The van der Waals surface area contributed by atoms with E-state index in [-0.39, 0.29) is 24.3 Å². The number of aliphatic hydroxyl groups excluding tert-OH is 1. The van der Waals surface area contributed by atoms with Gasteiger partial charge in [-0.15, -0.1) is 0 Å². The highest BCUT2D eigenvalue weighted by atomic mass is 19.2. The topological polar surface area (TPSA) is 69.6 Å². The highest BCUT2D eigenvalue weighted by Gasteiger charge is 2.31. The Hall–Kier alpha value is -3.79. The summed E-state index contributed by atoms with van der Waals surface area (Å²) in [5, 5.41) is 12.3. The number of halogens is 5. The number of nitrogens with zero attached hydrogens (tertiary/aromatic N) is 1. The van der Waals surface area contributed by atoms with Crippen LogP contribution < -0.4 is 10.2 Å². The standard InChI is InChI=1S/C24H19F5N2O3/c1-2-16(32)24(34)31(12-13-8-4-3-5-9-13)15-11-7-6-10-14(15)30-23(33)17-18(25)20(27)22(29)21(28)19(17)26/h3-11,16,32H,2,12H2,1H3,(H,30,33). The molecule has 0 radical (unpaired) electrons. The van der Waals surface area contributed by atoms with E-state index in [0.29, 0.717) is 5.56 Å². The summed E-state index contributed by atoms with van der Waals surface area (Å²) in [5.41, 5.74) is -1.11. The first-order chi connectivity index (χ1) is 16.2. The van der Waals surface area contributed by atoms with Gasteiger partial charge in [-0.05, 0) is 24.1 Å². The Morgan fingerprint density at radius 3 is 1.97 bits per heavy atom. The smallest absolute Gasteiger partial charge is 0.261 e. The Balaban J connectivity index is 2.04. The summed E-state index contributed by atoms with van der Waals surface area (Å²) in [6.45, 7) is 1.55. The van der Waals surface area contributed by atoms with Crippen molar-refractivity contribution in [3.8, 4) is 0 Å². The van der Waals surface area contributed by atoms with Gasteiger partial charge in [0.25, 0.3) is 11.8 Å². The second kappa shape index (κ2) is 10.4. The number of benzene rings is 3. The van der Waals surface area contributed by atoms with E-state index in [9.17, 15) is 36.6 Å². The molecular weight excluding hydrogens is 459 g/mol. The van der Waals surface area contributed by atoms with Crippen LogP contribution in [0.4, 0.5) is 33.3 Å². The summed E-state index contributed by atoms with van der Waals surface area (Å²) >= 11 is 0. The van der Waals surface area contributed by atoms with E-state index in [0.717, 1.165) is 4.90 Å². The summed E-state index contributed by atoms with van der Waals surface area (Å²) in [5.74, 6) is -13.8. The maximum atomic E-state index is 14.1. The molecule has 3 aromatic carbocycles. The molecule has 10 heteroatoms. The second-order valence-corrected chi connectivity index (χ2v) is 7.25. The fourth-order valence-electron chi connectivity index (χ4n) is 3.21. The first-order valence-electron chi connectivity index (χ1n) is 10.1. The Kier molecular flexibility index (Phi) is 7.62. The number of anilines is 2. The van der Waals surface area contributed by atoms with Crippen molar-refractivity contribution in [1.82, 2.24) is 0 Å². The molecule has 0 fully saturated rings. The lowest BCUT2D eigenvalue weighted by atomic mass is 10.1. The average Bonchev–Trinajstić information content (AvgIpc) is 2.85. The fraction of sp³-hybridized carbons (Fsp3) is 0.167. The minimum atomic E-state index is -2.39. The van der Waals surface area contributed by atoms with Gasteiger partial charge in [-0.2, -0.15) is 0 Å². The molecule has 0 aliphatic carbocycles. The maximum Gasteiger partial charge on any atom is 0.261 e. The van der Waals surface area contributed by atoms with Crippen molar-refractivity contribution in [3.63, 3.8) is 0 Å². The van der Waals surface area contributed by atoms with Gasteiger partial charge < -0.3 is 15.3 Å². The molecule has 0 aliphatic heterocycles. The molecule has 34 heavy (non-hydrogen) atoms. The Bertz CT molecular complexity index is 1190. The molecule has 0 aliphatic rings. The number of nitrogens with one attached hydrogen (secondary N) is 1. The van der Waals surface area contributed by atoms with Crippen LogP contribution in [0.5, 0.6) is 0 Å². The van der Waals surface area contributed by atoms with Crippen LogP contribution in [0.1, 0.15) is 29.3 Å². The number of aliphatic hydroxyl groups is 1. The number of rotatable bonds is 7. The fourth-order valence-corrected chi connectivity index (χ4v) is 3.21. The molecule has 5 nitrogen and oxygen atoms in total. The van der Waals surface area contributed by atoms with E-state index in [1.54, 1.807) is 37.3 Å². The number of hydrogen-bond donors (Lipinski definition) is 2. The van der Waals surface area contributed by atoms with Crippen molar-refractivity contribution in [2.75, 3.05) is 10.2 Å². The average molecular weight is 478 g/mol. The third-order valence-electron chi connectivity index (χ3n) is 5.00. The van der Waals surface area contributed by atoms with Crippen molar-refractivity contribution in [2.24, 2.45) is 0 Å². The molecule has 0 spiro atoms. The zero-order valence-electron chi connectivity index (χ0n) is 17.8. The van der Waals surface area contributed by atoms with Crippen molar-refractivity contribution in [1.29, 1.82) is 0 Å². The quantitative estimate of drug-likeness (QED) is 0.287. The molecule has 1 atom stereocenters. The molecule has 2 N–H and O–H groups in total. The Labute approximate surface area is 191 Å². The van der Waals surface area contributed by atoms with Crippen LogP contribution in [0, 0.1) is 29.1 Å². The summed E-state index contributed by atoms with van der Waals surface area (Å²) in [7, 11) is 0.